The summed E-state index contributed by atoms with van der Waals surface area (Å²) in [6, 6.07) is -1.24. The molecule has 18 heavy (non-hydrogen) atoms. The highest BCUT2D eigenvalue weighted by Gasteiger charge is 2.24. The molecule has 0 rings (SSSR count). The number of aliphatic carboxylic acids is 1. The second kappa shape index (κ2) is 9.49. The van der Waals surface area contributed by atoms with E-state index in [4.69, 9.17) is 11.5 Å². The zero-order chi connectivity index (χ0) is 14.0. The molecule has 1 amide bonds. The molecular weight excluding hydrogens is 234 g/mol. The molecule has 0 radical (unpaired) electrons. The van der Waals surface area contributed by atoms with Gasteiger partial charge in [0.25, 0.3) is 0 Å². The summed E-state index contributed by atoms with van der Waals surface area (Å²) in [6.45, 7) is 1.33. The minimum atomic E-state index is -1.24. The van der Waals surface area contributed by atoms with Gasteiger partial charge in [-0.1, -0.05) is 12.8 Å². The molecule has 0 aliphatic heterocycles. The summed E-state index contributed by atoms with van der Waals surface area (Å²) in [7, 11) is 0. The van der Waals surface area contributed by atoms with Crippen molar-refractivity contribution in [1.82, 2.24) is 5.32 Å². The largest absolute Gasteiger partial charge is 0.480 e. The molecule has 0 aromatic rings. The number of amides is 1. The van der Waals surface area contributed by atoms with Crippen LogP contribution in [0.5, 0.6) is 0 Å². The number of terminal acetylenes is 1. The molecule has 3 N–H and O–H groups in total. The highest BCUT2D eigenvalue weighted by Crippen LogP contribution is 2.05. The summed E-state index contributed by atoms with van der Waals surface area (Å²) >= 11 is 0. The molecule has 0 aromatic carbocycles. The van der Waals surface area contributed by atoms with Gasteiger partial charge in [0.15, 0.2) is 6.04 Å². The average molecular weight is 255 g/mol. The zero-order valence-electron chi connectivity index (χ0n) is 10.7. The van der Waals surface area contributed by atoms with E-state index in [1.807, 2.05) is 0 Å². The van der Waals surface area contributed by atoms with E-state index in [1.54, 1.807) is 0 Å². The second-order valence-corrected chi connectivity index (χ2v) is 4.24. The van der Waals surface area contributed by atoms with E-state index < -0.39 is 18.1 Å². The fraction of sp³-hybridized carbons (Fsp3) is 0.692. The van der Waals surface area contributed by atoms with Gasteiger partial charge < -0.3 is 15.5 Å². The molecule has 2 atom stereocenters. The molecule has 0 aliphatic rings. The van der Waals surface area contributed by atoms with Crippen molar-refractivity contribution in [3.8, 4) is 12.3 Å². The van der Waals surface area contributed by atoms with Gasteiger partial charge in [0.2, 0.25) is 5.91 Å². The van der Waals surface area contributed by atoms with Crippen LogP contribution < -0.4 is 5.32 Å². The number of nitrogens with one attached hydrogen (secondary N) is 1. The van der Waals surface area contributed by atoms with Gasteiger partial charge in [0, 0.05) is 12.8 Å². The highest BCUT2D eigenvalue weighted by molar-refractivity contribution is 5.83. The molecule has 0 aromatic heterocycles. The first-order valence-electron chi connectivity index (χ1n) is 6.12. The Bertz CT molecular complexity index is 307. The Hall–Kier alpha value is -1.54. The number of carbonyl (C=O) groups excluding carboxylic acids is 1. The standard InChI is InChI=1S/C13H21NO4/c1-3-4-5-6-7-8-9-11(16)14-12(10(2)15)13(17)18/h1,10,12,15H,4-9H2,2H3,(H,14,16)(H,17,18)/t10-,12+/m1/s1. The topological polar surface area (TPSA) is 86.6 Å². The summed E-state index contributed by atoms with van der Waals surface area (Å²) in [6.07, 6.45) is 8.52. The van der Waals surface area contributed by atoms with Crippen molar-refractivity contribution in [2.45, 2.75) is 57.6 Å². The van der Waals surface area contributed by atoms with Crippen LogP contribution in [0.25, 0.3) is 0 Å². The summed E-state index contributed by atoms with van der Waals surface area (Å²) in [5.41, 5.74) is 0. The lowest BCUT2D eigenvalue weighted by Gasteiger charge is -2.16. The highest BCUT2D eigenvalue weighted by atomic mass is 16.4. The van der Waals surface area contributed by atoms with Crippen LogP contribution in [0.4, 0.5) is 0 Å². The van der Waals surface area contributed by atoms with Gasteiger partial charge in [-0.25, -0.2) is 4.79 Å². The number of unbranched alkanes of at least 4 members (excludes halogenated alkanes) is 4. The summed E-state index contributed by atoms with van der Waals surface area (Å²) in [5.74, 6) is 0.970. The van der Waals surface area contributed by atoms with Gasteiger partial charge in [0.1, 0.15) is 0 Å². The summed E-state index contributed by atoms with van der Waals surface area (Å²) < 4.78 is 0. The van der Waals surface area contributed by atoms with Gasteiger partial charge in [-0.3, -0.25) is 4.79 Å². The van der Waals surface area contributed by atoms with E-state index in [-0.39, 0.29) is 12.3 Å². The van der Waals surface area contributed by atoms with Crippen LogP contribution in [0, 0.1) is 12.3 Å². The van der Waals surface area contributed by atoms with Crippen LogP contribution in [-0.4, -0.2) is 34.2 Å². The number of aliphatic hydroxyl groups is 1. The van der Waals surface area contributed by atoms with E-state index >= 15 is 0 Å². The Labute approximate surface area is 108 Å². The lowest BCUT2D eigenvalue weighted by atomic mass is 10.1. The smallest absolute Gasteiger partial charge is 0.328 e. The first-order chi connectivity index (χ1) is 8.49. The number of rotatable bonds is 9. The Morgan fingerprint density at radius 3 is 2.39 bits per heavy atom. The van der Waals surface area contributed by atoms with Crippen molar-refractivity contribution in [2.24, 2.45) is 0 Å². The fourth-order valence-corrected chi connectivity index (χ4v) is 1.50. The first kappa shape index (κ1) is 16.5. The normalized spacial score (nSPS) is 13.4. The van der Waals surface area contributed by atoms with E-state index in [0.717, 1.165) is 25.7 Å². The second-order valence-electron chi connectivity index (χ2n) is 4.24. The number of hydrogen-bond donors (Lipinski definition) is 3. The number of carbonyl (C=O) groups is 2. The minimum absolute atomic E-state index is 0.270. The number of carboxylic acids is 1. The van der Waals surface area contributed by atoms with Gasteiger partial charge >= 0.3 is 5.97 Å². The molecule has 0 unspecified atom stereocenters. The van der Waals surface area contributed by atoms with Crippen molar-refractivity contribution in [3.63, 3.8) is 0 Å². The maximum absolute atomic E-state index is 11.4. The third-order valence-corrected chi connectivity index (χ3v) is 2.54. The molecule has 0 spiro atoms. The van der Waals surface area contributed by atoms with Crippen molar-refractivity contribution in [3.05, 3.63) is 0 Å². The number of carboxylic acid groups (broad SMARTS) is 1. The minimum Gasteiger partial charge on any atom is -0.480 e. The molecule has 0 aliphatic carbocycles. The van der Waals surface area contributed by atoms with E-state index in [1.165, 1.54) is 6.92 Å². The predicted molar refractivity (Wildman–Crippen MR) is 67.8 cm³/mol. The number of aliphatic hydroxyl groups excluding tert-OH is 1. The maximum atomic E-state index is 11.4. The first-order valence-corrected chi connectivity index (χ1v) is 6.12. The Balaban J connectivity index is 3.76. The van der Waals surface area contributed by atoms with E-state index in [9.17, 15) is 14.7 Å². The molecule has 0 fully saturated rings. The fourth-order valence-electron chi connectivity index (χ4n) is 1.50. The van der Waals surface area contributed by atoms with Crippen molar-refractivity contribution in [2.75, 3.05) is 0 Å². The van der Waals surface area contributed by atoms with Gasteiger partial charge in [0.05, 0.1) is 6.10 Å². The lowest BCUT2D eigenvalue weighted by molar-refractivity contribution is -0.144. The van der Waals surface area contributed by atoms with Crippen LogP contribution in [-0.2, 0) is 9.59 Å². The third kappa shape index (κ3) is 7.69. The third-order valence-electron chi connectivity index (χ3n) is 2.54. The zero-order valence-corrected chi connectivity index (χ0v) is 10.7. The van der Waals surface area contributed by atoms with Crippen LogP contribution in [0.3, 0.4) is 0 Å². The molecule has 0 heterocycles. The summed E-state index contributed by atoms with van der Waals surface area (Å²) in [4.78, 5) is 22.2. The van der Waals surface area contributed by atoms with Crippen molar-refractivity contribution >= 4 is 11.9 Å². The molecule has 5 heteroatoms. The van der Waals surface area contributed by atoms with E-state index in [2.05, 4.69) is 11.2 Å². The Morgan fingerprint density at radius 1 is 1.28 bits per heavy atom. The summed E-state index contributed by atoms with van der Waals surface area (Å²) in [5, 5.41) is 20.3. The van der Waals surface area contributed by atoms with Crippen LogP contribution >= 0.6 is 0 Å². The molecule has 5 nitrogen and oxygen atoms in total. The lowest BCUT2D eigenvalue weighted by Crippen LogP contribution is -2.47. The molecule has 0 saturated carbocycles. The number of hydrogen-bond acceptors (Lipinski definition) is 3. The van der Waals surface area contributed by atoms with E-state index in [0.29, 0.717) is 6.42 Å². The quantitative estimate of drug-likeness (QED) is 0.422. The SMILES string of the molecule is C#CCCCCCCC(=O)N[C@H](C(=O)O)[C@@H](C)O. The molecule has 0 bridgehead atoms. The predicted octanol–water partition coefficient (Wildman–Crippen LogP) is 0.910. The van der Waals surface area contributed by atoms with Gasteiger partial charge in [-0.05, 0) is 19.8 Å². The van der Waals surface area contributed by atoms with Crippen molar-refractivity contribution < 1.29 is 19.8 Å². The molecule has 102 valence electrons. The Morgan fingerprint density at radius 2 is 1.89 bits per heavy atom. The molecular formula is C13H21NO4. The monoisotopic (exact) mass is 255 g/mol. The van der Waals surface area contributed by atoms with Crippen LogP contribution in [0.2, 0.25) is 0 Å². The van der Waals surface area contributed by atoms with Crippen molar-refractivity contribution in [1.29, 1.82) is 0 Å². The van der Waals surface area contributed by atoms with Crippen LogP contribution in [0.15, 0.2) is 0 Å². The Kier molecular flexibility index (Phi) is 8.67. The average Bonchev–Trinajstić information content (AvgIpc) is 2.29. The van der Waals surface area contributed by atoms with Crippen LogP contribution in [0.1, 0.15) is 45.4 Å². The maximum Gasteiger partial charge on any atom is 0.328 e. The van der Waals surface area contributed by atoms with Gasteiger partial charge in [-0.15, -0.1) is 12.3 Å². The molecule has 0 saturated heterocycles. The van der Waals surface area contributed by atoms with Gasteiger partial charge in [-0.2, -0.15) is 0 Å².